The highest BCUT2D eigenvalue weighted by atomic mass is 15.5. The van der Waals surface area contributed by atoms with Gasteiger partial charge >= 0.3 is 0 Å². The zero-order valence-electron chi connectivity index (χ0n) is 9.07. The minimum absolute atomic E-state index is 0.338. The quantitative estimate of drug-likeness (QED) is 0.707. The van der Waals surface area contributed by atoms with E-state index in [4.69, 9.17) is 0 Å². The van der Waals surface area contributed by atoms with Crippen LogP contribution in [0.5, 0.6) is 0 Å². The second-order valence-corrected chi connectivity index (χ2v) is 3.57. The lowest BCUT2D eigenvalue weighted by Gasteiger charge is -2.13. The SMILES string of the molecule is CC(C)Nc1nccc(NN(C)C)n1. The number of hydrazine groups is 1. The summed E-state index contributed by atoms with van der Waals surface area (Å²) in [6, 6.07) is 2.16. The van der Waals surface area contributed by atoms with Crippen molar-refractivity contribution >= 4 is 11.8 Å². The predicted molar refractivity (Wildman–Crippen MR) is 58.1 cm³/mol. The van der Waals surface area contributed by atoms with Gasteiger partial charge in [-0.05, 0) is 13.8 Å². The average Bonchev–Trinajstić information content (AvgIpc) is 2.01. The number of nitrogens with zero attached hydrogens (tertiary/aromatic N) is 3. The third-order valence-electron chi connectivity index (χ3n) is 1.41. The van der Waals surface area contributed by atoms with Crippen molar-refractivity contribution in [1.82, 2.24) is 15.0 Å². The fraction of sp³-hybridized carbons (Fsp3) is 0.556. The van der Waals surface area contributed by atoms with Crippen LogP contribution in [0.3, 0.4) is 0 Å². The molecule has 0 radical (unpaired) electrons. The van der Waals surface area contributed by atoms with Crippen LogP contribution in [0.25, 0.3) is 0 Å². The summed E-state index contributed by atoms with van der Waals surface area (Å²) in [5.41, 5.74) is 3.06. The minimum Gasteiger partial charge on any atom is -0.352 e. The largest absolute Gasteiger partial charge is 0.352 e. The Labute approximate surface area is 84.5 Å². The maximum atomic E-state index is 4.28. The summed E-state index contributed by atoms with van der Waals surface area (Å²) in [6.07, 6.45) is 1.73. The second kappa shape index (κ2) is 4.76. The van der Waals surface area contributed by atoms with Gasteiger partial charge in [0.25, 0.3) is 0 Å². The molecule has 0 atom stereocenters. The normalized spacial score (nSPS) is 10.7. The first-order chi connectivity index (χ1) is 6.58. The lowest BCUT2D eigenvalue weighted by Crippen LogP contribution is -2.21. The molecule has 78 valence electrons. The van der Waals surface area contributed by atoms with Crippen LogP contribution in [-0.4, -0.2) is 35.1 Å². The highest BCUT2D eigenvalue weighted by molar-refractivity contribution is 5.38. The Kier molecular flexibility index (Phi) is 3.64. The maximum absolute atomic E-state index is 4.28. The molecule has 2 N–H and O–H groups in total. The van der Waals surface area contributed by atoms with Gasteiger partial charge in [0.2, 0.25) is 5.95 Å². The zero-order chi connectivity index (χ0) is 10.6. The molecule has 0 amide bonds. The van der Waals surface area contributed by atoms with Gasteiger partial charge in [-0.15, -0.1) is 0 Å². The molecule has 1 rings (SSSR count). The molecule has 0 aliphatic carbocycles. The van der Waals surface area contributed by atoms with Crippen molar-refractivity contribution in [2.24, 2.45) is 0 Å². The van der Waals surface area contributed by atoms with E-state index in [9.17, 15) is 0 Å². The monoisotopic (exact) mass is 195 g/mol. The van der Waals surface area contributed by atoms with Crippen LogP contribution >= 0.6 is 0 Å². The van der Waals surface area contributed by atoms with E-state index < -0.39 is 0 Å². The molecule has 5 heteroatoms. The number of hydrogen-bond acceptors (Lipinski definition) is 5. The highest BCUT2D eigenvalue weighted by Gasteiger charge is 2.00. The lowest BCUT2D eigenvalue weighted by molar-refractivity contribution is 0.492. The smallest absolute Gasteiger partial charge is 0.224 e. The van der Waals surface area contributed by atoms with Crippen molar-refractivity contribution < 1.29 is 0 Å². The van der Waals surface area contributed by atoms with E-state index in [0.29, 0.717) is 12.0 Å². The molecule has 0 aliphatic heterocycles. The lowest BCUT2D eigenvalue weighted by atomic mass is 10.4. The van der Waals surface area contributed by atoms with Gasteiger partial charge in [0.1, 0.15) is 5.82 Å². The van der Waals surface area contributed by atoms with Crippen molar-refractivity contribution in [2.45, 2.75) is 19.9 Å². The summed E-state index contributed by atoms with van der Waals surface area (Å²) in [6.45, 7) is 4.10. The molecule has 0 saturated heterocycles. The third-order valence-corrected chi connectivity index (χ3v) is 1.41. The van der Waals surface area contributed by atoms with E-state index in [0.717, 1.165) is 5.82 Å². The molecular weight excluding hydrogens is 178 g/mol. The fourth-order valence-corrected chi connectivity index (χ4v) is 0.978. The Bertz CT molecular complexity index is 259. The van der Waals surface area contributed by atoms with Crippen molar-refractivity contribution in [2.75, 3.05) is 24.8 Å². The number of hydrogen-bond donors (Lipinski definition) is 2. The van der Waals surface area contributed by atoms with Crippen molar-refractivity contribution in [1.29, 1.82) is 0 Å². The van der Waals surface area contributed by atoms with Gasteiger partial charge in [0.15, 0.2) is 0 Å². The van der Waals surface area contributed by atoms with Gasteiger partial charge in [0, 0.05) is 32.4 Å². The van der Waals surface area contributed by atoms with Gasteiger partial charge in [-0.25, -0.2) is 9.99 Å². The van der Waals surface area contributed by atoms with Gasteiger partial charge in [-0.1, -0.05) is 0 Å². The van der Waals surface area contributed by atoms with Crippen LogP contribution in [-0.2, 0) is 0 Å². The van der Waals surface area contributed by atoms with E-state index >= 15 is 0 Å². The average molecular weight is 195 g/mol. The maximum Gasteiger partial charge on any atom is 0.224 e. The Balaban J connectivity index is 2.68. The number of rotatable bonds is 4. The molecule has 0 spiro atoms. The highest BCUT2D eigenvalue weighted by Crippen LogP contribution is 2.06. The topological polar surface area (TPSA) is 53.1 Å². The van der Waals surface area contributed by atoms with Crippen molar-refractivity contribution in [3.8, 4) is 0 Å². The van der Waals surface area contributed by atoms with Crippen LogP contribution in [0.2, 0.25) is 0 Å². The molecule has 0 aliphatic rings. The number of nitrogens with one attached hydrogen (secondary N) is 2. The summed E-state index contributed by atoms with van der Waals surface area (Å²) >= 11 is 0. The molecule has 1 aromatic rings. The molecule has 5 nitrogen and oxygen atoms in total. The van der Waals surface area contributed by atoms with Crippen LogP contribution < -0.4 is 10.7 Å². The molecule has 1 heterocycles. The van der Waals surface area contributed by atoms with Crippen molar-refractivity contribution in [3.63, 3.8) is 0 Å². The van der Waals surface area contributed by atoms with E-state index in [1.807, 2.05) is 25.2 Å². The Morgan fingerprint density at radius 2 is 2.07 bits per heavy atom. The number of anilines is 2. The van der Waals surface area contributed by atoms with Crippen LogP contribution in [0.4, 0.5) is 11.8 Å². The summed E-state index contributed by atoms with van der Waals surface area (Å²) in [5, 5.41) is 4.97. The van der Waals surface area contributed by atoms with Crippen molar-refractivity contribution in [3.05, 3.63) is 12.3 Å². The molecule has 1 aromatic heterocycles. The third kappa shape index (κ3) is 3.57. The van der Waals surface area contributed by atoms with Gasteiger partial charge < -0.3 is 10.7 Å². The second-order valence-electron chi connectivity index (χ2n) is 3.57. The Hall–Kier alpha value is -1.36. The zero-order valence-corrected chi connectivity index (χ0v) is 9.07. The van der Waals surface area contributed by atoms with E-state index in [1.54, 1.807) is 6.20 Å². The number of aromatic nitrogens is 2. The Morgan fingerprint density at radius 1 is 1.36 bits per heavy atom. The molecule has 0 unspecified atom stereocenters. The van der Waals surface area contributed by atoms with Gasteiger partial charge in [-0.3, -0.25) is 0 Å². The molecule has 0 saturated carbocycles. The van der Waals surface area contributed by atoms with Crippen LogP contribution in [0, 0.1) is 0 Å². The molecule has 0 fully saturated rings. The first-order valence-electron chi connectivity index (χ1n) is 4.61. The van der Waals surface area contributed by atoms with E-state index in [-0.39, 0.29) is 0 Å². The van der Waals surface area contributed by atoms with Crippen LogP contribution in [0.15, 0.2) is 12.3 Å². The summed E-state index contributed by atoms with van der Waals surface area (Å²) < 4.78 is 0. The first kappa shape index (κ1) is 10.7. The first-order valence-corrected chi connectivity index (χ1v) is 4.61. The molecule has 14 heavy (non-hydrogen) atoms. The van der Waals surface area contributed by atoms with Gasteiger partial charge in [0.05, 0.1) is 0 Å². The summed E-state index contributed by atoms with van der Waals surface area (Å²) in [7, 11) is 3.83. The molecule has 0 bridgehead atoms. The fourth-order valence-electron chi connectivity index (χ4n) is 0.978. The van der Waals surface area contributed by atoms with E-state index in [1.165, 1.54) is 0 Å². The standard InChI is InChI=1S/C9H17N5/c1-7(2)11-9-10-6-5-8(12-9)13-14(3)4/h5-7H,1-4H3,(H2,10,11,12,13). The summed E-state index contributed by atoms with van der Waals surface area (Å²) in [4.78, 5) is 8.38. The molecular formula is C9H17N5. The van der Waals surface area contributed by atoms with E-state index in [2.05, 4.69) is 34.6 Å². The van der Waals surface area contributed by atoms with Gasteiger partial charge in [-0.2, -0.15) is 4.98 Å². The summed E-state index contributed by atoms with van der Waals surface area (Å²) in [5.74, 6) is 1.43. The van der Waals surface area contributed by atoms with Crippen LogP contribution in [0.1, 0.15) is 13.8 Å². The molecule has 0 aromatic carbocycles. The Morgan fingerprint density at radius 3 is 2.64 bits per heavy atom. The minimum atomic E-state index is 0.338. The predicted octanol–water partition coefficient (Wildman–Crippen LogP) is 1.19.